The molecule has 1 aromatic rings. The number of ether oxygens (including phenoxy) is 1. The second kappa shape index (κ2) is 5.96. The Hall–Kier alpha value is -1.35. The average Bonchev–Trinajstić information content (AvgIpc) is 2.85. The first-order chi connectivity index (χ1) is 9.72. The lowest BCUT2D eigenvalue weighted by Crippen LogP contribution is -2.31. The number of rotatable bonds is 4. The normalized spacial score (nSPS) is 22.4. The molecule has 3 nitrogen and oxygen atoms in total. The van der Waals surface area contributed by atoms with Crippen LogP contribution >= 0.6 is 0 Å². The maximum absolute atomic E-state index is 12.3. The van der Waals surface area contributed by atoms with E-state index in [9.17, 15) is 4.79 Å². The zero-order valence-electron chi connectivity index (χ0n) is 12.2. The first kappa shape index (κ1) is 13.6. The molecule has 1 atom stereocenters. The molecule has 0 spiro atoms. The summed E-state index contributed by atoms with van der Waals surface area (Å²) in [6.45, 7) is 5.28. The van der Waals surface area contributed by atoms with Crippen molar-refractivity contribution in [3.8, 4) is 5.75 Å². The molecule has 0 N–H and O–H groups in total. The van der Waals surface area contributed by atoms with Gasteiger partial charge in [0.05, 0.1) is 0 Å². The van der Waals surface area contributed by atoms with Gasteiger partial charge in [0.25, 0.3) is 0 Å². The molecule has 1 aromatic carbocycles. The summed E-state index contributed by atoms with van der Waals surface area (Å²) in [7, 11) is 0. The van der Waals surface area contributed by atoms with E-state index >= 15 is 0 Å². The summed E-state index contributed by atoms with van der Waals surface area (Å²) in [6.07, 6.45) is 5.69. The molecule has 2 aliphatic heterocycles. The van der Waals surface area contributed by atoms with Crippen LogP contribution in [0.15, 0.2) is 18.2 Å². The number of hydrogen-bond donors (Lipinski definition) is 0. The van der Waals surface area contributed by atoms with Gasteiger partial charge in [0, 0.05) is 24.9 Å². The number of hydrogen-bond acceptors (Lipinski definition) is 3. The molecule has 3 heteroatoms. The second-order valence-electron chi connectivity index (χ2n) is 6.03. The molecule has 2 aliphatic rings. The molecule has 0 radical (unpaired) electrons. The van der Waals surface area contributed by atoms with Crippen molar-refractivity contribution in [2.75, 3.05) is 19.6 Å². The average molecular weight is 273 g/mol. The summed E-state index contributed by atoms with van der Waals surface area (Å²) in [5.41, 5.74) is 2.03. The minimum absolute atomic E-state index is 0.240. The summed E-state index contributed by atoms with van der Waals surface area (Å²) < 4.78 is 5.68. The van der Waals surface area contributed by atoms with E-state index in [-0.39, 0.29) is 11.9 Å². The fourth-order valence-corrected chi connectivity index (χ4v) is 3.18. The Labute approximate surface area is 120 Å². The van der Waals surface area contributed by atoms with Crippen molar-refractivity contribution in [1.29, 1.82) is 0 Å². The molecule has 1 saturated heterocycles. The van der Waals surface area contributed by atoms with Crippen LogP contribution in [-0.4, -0.2) is 36.4 Å². The van der Waals surface area contributed by atoms with Gasteiger partial charge in [-0.25, -0.2) is 0 Å². The number of carbonyl (C=O) groups is 1. The molecule has 20 heavy (non-hydrogen) atoms. The number of carbonyl (C=O) groups excluding carboxylic acids is 1. The Morgan fingerprint density at radius 1 is 1.30 bits per heavy atom. The predicted molar refractivity (Wildman–Crippen MR) is 79.5 cm³/mol. The van der Waals surface area contributed by atoms with Crippen LogP contribution in [-0.2, 0) is 6.42 Å². The van der Waals surface area contributed by atoms with E-state index in [1.54, 1.807) is 0 Å². The number of nitrogens with zero attached hydrogens (tertiary/aromatic N) is 1. The molecule has 2 heterocycles. The molecular formula is C17H23NO2. The van der Waals surface area contributed by atoms with Gasteiger partial charge in [-0.1, -0.05) is 6.42 Å². The molecule has 108 valence electrons. The Kier molecular flexibility index (Phi) is 4.06. The Bertz CT molecular complexity index is 492. The van der Waals surface area contributed by atoms with E-state index in [2.05, 4.69) is 11.8 Å². The van der Waals surface area contributed by atoms with Crippen LogP contribution in [0.25, 0.3) is 0 Å². The number of piperidine rings is 1. The number of benzene rings is 1. The number of ketones is 1. The molecule has 0 aliphatic carbocycles. The lowest BCUT2D eigenvalue weighted by Gasteiger charge is -2.25. The predicted octanol–water partition coefficient (Wildman–Crippen LogP) is 3.07. The van der Waals surface area contributed by atoms with E-state index < -0.39 is 0 Å². The summed E-state index contributed by atoms with van der Waals surface area (Å²) >= 11 is 0. The molecule has 0 aromatic heterocycles. The third kappa shape index (κ3) is 3.04. The van der Waals surface area contributed by atoms with E-state index in [1.807, 2.05) is 18.2 Å². The van der Waals surface area contributed by atoms with Gasteiger partial charge in [-0.05, 0) is 56.6 Å². The molecule has 1 fully saturated rings. The van der Waals surface area contributed by atoms with Gasteiger partial charge in [0.15, 0.2) is 5.78 Å². The highest BCUT2D eigenvalue weighted by molar-refractivity contribution is 5.96. The van der Waals surface area contributed by atoms with Crippen LogP contribution in [0.2, 0.25) is 0 Å². The Morgan fingerprint density at radius 3 is 2.90 bits per heavy atom. The Morgan fingerprint density at radius 2 is 2.10 bits per heavy atom. The number of likely N-dealkylation sites (tertiary alicyclic amines) is 1. The van der Waals surface area contributed by atoms with E-state index in [4.69, 9.17) is 4.74 Å². The van der Waals surface area contributed by atoms with Crippen molar-refractivity contribution in [2.24, 2.45) is 0 Å². The molecule has 0 amide bonds. The van der Waals surface area contributed by atoms with Crippen molar-refractivity contribution in [3.63, 3.8) is 0 Å². The summed E-state index contributed by atoms with van der Waals surface area (Å²) in [6, 6.07) is 5.89. The van der Waals surface area contributed by atoms with Crippen LogP contribution in [0.1, 0.15) is 48.5 Å². The quantitative estimate of drug-likeness (QED) is 0.790. The van der Waals surface area contributed by atoms with Gasteiger partial charge in [-0.15, -0.1) is 0 Å². The fourth-order valence-electron chi connectivity index (χ4n) is 3.18. The van der Waals surface area contributed by atoms with E-state index in [0.29, 0.717) is 6.42 Å². The van der Waals surface area contributed by atoms with Crippen molar-refractivity contribution < 1.29 is 9.53 Å². The maximum atomic E-state index is 12.3. The van der Waals surface area contributed by atoms with Crippen LogP contribution < -0.4 is 4.74 Å². The molecular weight excluding hydrogens is 250 g/mol. The first-order valence-corrected chi connectivity index (χ1v) is 7.77. The van der Waals surface area contributed by atoms with Gasteiger partial charge in [-0.3, -0.25) is 4.79 Å². The van der Waals surface area contributed by atoms with Gasteiger partial charge < -0.3 is 9.64 Å². The molecule has 0 unspecified atom stereocenters. The number of fused-ring (bicyclic) bond motifs is 1. The van der Waals surface area contributed by atoms with Gasteiger partial charge in [0.1, 0.15) is 11.9 Å². The third-order valence-electron chi connectivity index (χ3n) is 4.32. The van der Waals surface area contributed by atoms with E-state index in [0.717, 1.165) is 37.4 Å². The minimum Gasteiger partial charge on any atom is -0.490 e. The van der Waals surface area contributed by atoms with Crippen molar-refractivity contribution in [2.45, 2.75) is 45.1 Å². The summed E-state index contributed by atoms with van der Waals surface area (Å²) in [5, 5.41) is 0. The highest BCUT2D eigenvalue weighted by Crippen LogP contribution is 2.29. The lowest BCUT2D eigenvalue weighted by atomic mass is 10.0. The van der Waals surface area contributed by atoms with Gasteiger partial charge in [-0.2, -0.15) is 0 Å². The Balaban J connectivity index is 1.58. The maximum Gasteiger partial charge on any atom is 0.164 e. The van der Waals surface area contributed by atoms with Crippen molar-refractivity contribution in [1.82, 2.24) is 4.90 Å². The van der Waals surface area contributed by atoms with Gasteiger partial charge in [0.2, 0.25) is 0 Å². The van der Waals surface area contributed by atoms with Crippen LogP contribution in [0.4, 0.5) is 0 Å². The molecule has 0 bridgehead atoms. The summed E-state index contributed by atoms with van der Waals surface area (Å²) in [5.74, 6) is 1.21. The first-order valence-electron chi connectivity index (χ1n) is 7.77. The zero-order chi connectivity index (χ0) is 13.9. The third-order valence-corrected chi connectivity index (χ3v) is 4.32. The van der Waals surface area contributed by atoms with Crippen LogP contribution in [0.5, 0.6) is 5.75 Å². The SMILES string of the molecule is C[C@@H]1Cc2cc(C(=O)CCN3CCCCC3)ccc2O1. The fraction of sp³-hybridized carbons (Fsp3) is 0.588. The highest BCUT2D eigenvalue weighted by Gasteiger charge is 2.20. The molecule has 0 saturated carbocycles. The van der Waals surface area contributed by atoms with Crippen LogP contribution in [0, 0.1) is 0 Å². The smallest absolute Gasteiger partial charge is 0.164 e. The topological polar surface area (TPSA) is 29.5 Å². The largest absolute Gasteiger partial charge is 0.490 e. The van der Waals surface area contributed by atoms with E-state index in [1.165, 1.54) is 24.8 Å². The van der Waals surface area contributed by atoms with Crippen LogP contribution in [0.3, 0.4) is 0 Å². The molecule has 3 rings (SSSR count). The number of Topliss-reactive ketones (excluding diaryl/α,β-unsaturated/α-hetero) is 1. The second-order valence-corrected chi connectivity index (χ2v) is 6.03. The standard InChI is InChI=1S/C17H23NO2/c1-13-11-15-12-14(5-6-17(15)20-13)16(19)7-10-18-8-3-2-4-9-18/h5-6,12-13H,2-4,7-11H2,1H3/t13-/m1/s1. The van der Waals surface area contributed by atoms with Gasteiger partial charge >= 0.3 is 0 Å². The minimum atomic E-state index is 0.240. The van der Waals surface area contributed by atoms with Crippen molar-refractivity contribution in [3.05, 3.63) is 29.3 Å². The lowest BCUT2D eigenvalue weighted by molar-refractivity contribution is 0.0958. The zero-order valence-corrected chi connectivity index (χ0v) is 12.2. The highest BCUT2D eigenvalue weighted by atomic mass is 16.5. The monoisotopic (exact) mass is 273 g/mol. The summed E-state index contributed by atoms with van der Waals surface area (Å²) in [4.78, 5) is 14.7. The van der Waals surface area contributed by atoms with Crippen molar-refractivity contribution >= 4 is 5.78 Å².